The fourth-order valence-electron chi connectivity index (χ4n) is 1.63. The average molecular weight is 299 g/mol. The summed E-state index contributed by atoms with van der Waals surface area (Å²) in [6, 6.07) is 3.47. The third-order valence-electron chi connectivity index (χ3n) is 2.76. The van der Waals surface area contributed by atoms with E-state index in [1.54, 1.807) is 12.1 Å². The molecule has 5 nitrogen and oxygen atoms in total. The molecule has 0 saturated carbocycles. The maximum absolute atomic E-state index is 12.3. The highest BCUT2D eigenvalue weighted by Crippen LogP contribution is 2.20. The van der Waals surface area contributed by atoms with Crippen LogP contribution in [0.1, 0.15) is 40.5 Å². The number of hydrogen-bond donors (Lipinski definition) is 2. The summed E-state index contributed by atoms with van der Waals surface area (Å²) in [4.78, 5) is 4.01. The van der Waals surface area contributed by atoms with Crippen LogP contribution in [-0.4, -0.2) is 26.5 Å². The number of rotatable bonds is 7. The molecule has 0 saturated heterocycles. The van der Waals surface area contributed by atoms with Crippen molar-refractivity contribution in [3.63, 3.8) is 0 Å². The van der Waals surface area contributed by atoms with Gasteiger partial charge in [-0.2, -0.15) is 0 Å². The Balaban J connectivity index is 2.81. The van der Waals surface area contributed by atoms with Crippen LogP contribution >= 0.6 is 0 Å². The van der Waals surface area contributed by atoms with E-state index >= 15 is 0 Å². The molecule has 6 heteroatoms. The second-order valence-corrected chi connectivity index (χ2v) is 7.67. The van der Waals surface area contributed by atoms with E-state index in [4.69, 9.17) is 0 Å². The van der Waals surface area contributed by atoms with Crippen LogP contribution in [0.5, 0.6) is 0 Å². The van der Waals surface area contributed by atoms with Crippen molar-refractivity contribution in [2.75, 3.05) is 18.4 Å². The molecule has 1 aromatic rings. The van der Waals surface area contributed by atoms with Crippen LogP contribution in [0.25, 0.3) is 0 Å². The van der Waals surface area contributed by atoms with Crippen LogP contribution < -0.4 is 10.0 Å². The molecule has 0 aliphatic rings. The van der Waals surface area contributed by atoms with E-state index in [-0.39, 0.29) is 10.4 Å². The normalized spacial score (nSPS) is 12.4. The van der Waals surface area contributed by atoms with Gasteiger partial charge in [-0.15, -0.1) is 0 Å². The standard InChI is InChI=1S/C14H25N3O2S/c1-5-9-15-12-7-6-10-16-13(12)20(18,19)17-11-8-14(2,3)4/h6-7,10,15,17H,5,8-9,11H2,1-4H3. The Morgan fingerprint density at radius 3 is 2.55 bits per heavy atom. The van der Waals surface area contributed by atoms with Gasteiger partial charge in [0.2, 0.25) is 0 Å². The van der Waals surface area contributed by atoms with E-state index in [2.05, 4.69) is 35.8 Å². The van der Waals surface area contributed by atoms with E-state index in [9.17, 15) is 8.42 Å². The third-order valence-corrected chi connectivity index (χ3v) is 4.18. The molecule has 0 spiro atoms. The zero-order chi connectivity index (χ0) is 15.2. The van der Waals surface area contributed by atoms with Crippen LogP contribution in [0.3, 0.4) is 0 Å². The first-order chi connectivity index (χ1) is 9.26. The van der Waals surface area contributed by atoms with Crippen LogP contribution in [0.2, 0.25) is 0 Å². The Hall–Kier alpha value is -1.14. The largest absolute Gasteiger partial charge is 0.383 e. The van der Waals surface area contributed by atoms with Gasteiger partial charge >= 0.3 is 0 Å². The van der Waals surface area contributed by atoms with Crippen molar-refractivity contribution in [2.45, 2.75) is 45.6 Å². The molecule has 1 heterocycles. The van der Waals surface area contributed by atoms with Crippen molar-refractivity contribution in [3.05, 3.63) is 18.3 Å². The van der Waals surface area contributed by atoms with Crippen molar-refractivity contribution in [3.8, 4) is 0 Å². The Morgan fingerprint density at radius 1 is 1.25 bits per heavy atom. The van der Waals surface area contributed by atoms with Gasteiger partial charge in [-0.1, -0.05) is 27.7 Å². The molecule has 1 aromatic heterocycles. The zero-order valence-electron chi connectivity index (χ0n) is 12.7. The van der Waals surface area contributed by atoms with Gasteiger partial charge in [0, 0.05) is 19.3 Å². The summed E-state index contributed by atoms with van der Waals surface area (Å²) in [6.07, 6.45) is 3.19. The molecular weight excluding hydrogens is 274 g/mol. The lowest BCUT2D eigenvalue weighted by molar-refractivity contribution is 0.378. The van der Waals surface area contributed by atoms with E-state index < -0.39 is 10.0 Å². The van der Waals surface area contributed by atoms with Gasteiger partial charge in [0.25, 0.3) is 10.0 Å². The maximum Gasteiger partial charge on any atom is 0.260 e. The van der Waals surface area contributed by atoms with Crippen LogP contribution in [-0.2, 0) is 10.0 Å². The lowest BCUT2D eigenvalue weighted by Gasteiger charge is -2.18. The molecule has 0 aliphatic carbocycles. The van der Waals surface area contributed by atoms with Crippen LogP contribution in [0, 0.1) is 5.41 Å². The number of sulfonamides is 1. The summed E-state index contributed by atoms with van der Waals surface area (Å²) in [5, 5.41) is 3.17. The number of hydrogen-bond acceptors (Lipinski definition) is 4. The molecule has 20 heavy (non-hydrogen) atoms. The first-order valence-corrected chi connectivity index (χ1v) is 8.43. The van der Waals surface area contributed by atoms with E-state index in [1.165, 1.54) is 6.20 Å². The molecule has 1 rings (SSSR count). The average Bonchev–Trinajstić information content (AvgIpc) is 2.34. The van der Waals surface area contributed by atoms with E-state index in [0.29, 0.717) is 12.2 Å². The SMILES string of the molecule is CCCNc1cccnc1S(=O)(=O)NCCC(C)(C)C. The summed E-state index contributed by atoms with van der Waals surface area (Å²) in [7, 11) is -3.57. The van der Waals surface area contributed by atoms with Crippen LogP contribution in [0.15, 0.2) is 23.4 Å². The minimum Gasteiger partial charge on any atom is -0.383 e. The van der Waals surface area contributed by atoms with Crippen molar-refractivity contribution in [1.29, 1.82) is 0 Å². The summed E-state index contributed by atoms with van der Waals surface area (Å²) in [6.45, 7) is 9.40. The Bertz CT molecular complexity index is 521. The molecular formula is C14H25N3O2S. The van der Waals surface area contributed by atoms with E-state index in [1.807, 2.05) is 6.92 Å². The van der Waals surface area contributed by atoms with Crippen molar-refractivity contribution in [2.24, 2.45) is 5.41 Å². The monoisotopic (exact) mass is 299 g/mol. The quantitative estimate of drug-likeness (QED) is 0.812. The number of aromatic nitrogens is 1. The predicted molar refractivity (Wildman–Crippen MR) is 82.3 cm³/mol. The highest BCUT2D eigenvalue weighted by Gasteiger charge is 2.20. The number of nitrogens with zero attached hydrogens (tertiary/aromatic N) is 1. The first-order valence-electron chi connectivity index (χ1n) is 6.95. The predicted octanol–water partition coefficient (Wildman–Crippen LogP) is 2.62. The molecule has 114 valence electrons. The van der Waals surface area contributed by atoms with Gasteiger partial charge in [-0.3, -0.25) is 0 Å². The van der Waals surface area contributed by atoms with Crippen molar-refractivity contribution < 1.29 is 8.42 Å². The fraction of sp³-hybridized carbons (Fsp3) is 0.643. The molecule has 2 N–H and O–H groups in total. The molecule has 0 amide bonds. The number of anilines is 1. The number of pyridine rings is 1. The summed E-state index contributed by atoms with van der Waals surface area (Å²) in [5.41, 5.74) is 0.647. The molecule has 0 bridgehead atoms. The lowest BCUT2D eigenvalue weighted by atomic mass is 9.93. The highest BCUT2D eigenvalue weighted by atomic mass is 32.2. The van der Waals surface area contributed by atoms with Crippen LogP contribution in [0.4, 0.5) is 5.69 Å². The summed E-state index contributed by atoms with van der Waals surface area (Å²) < 4.78 is 27.2. The Morgan fingerprint density at radius 2 is 1.95 bits per heavy atom. The zero-order valence-corrected chi connectivity index (χ0v) is 13.5. The minimum atomic E-state index is -3.57. The maximum atomic E-state index is 12.3. The smallest absolute Gasteiger partial charge is 0.260 e. The van der Waals surface area contributed by atoms with Crippen molar-refractivity contribution in [1.82, 2.24) is 9.71 Å². The minimum absolute atomic E-state index is 0.0716. The van der Waals surface area contributed by atoms with Gasteiger partial charge in [-0.05, 0) is 30.4 Å². The Labute approximate surface area is 122 Å². The fourth-order valence-corrected chi connectivity index (χ4v) is 2.76. The number of nitrogens with one attached hydrogen (secondary N) is 2. The molecule has 0 aliphatic heterocycles. The molecule has 0 radical (unpaired) electrons. The molecule has 0 aromatic carbocycles. The third kappa shape index (κ3) is 5.46. The summed E-state index contributed by atoms with van der Waals surface area (Å²) in [5.74, 6) is 0. The lowest BCUT2D eigenvalue weighted by Crippen LogP contribution is -2.28. The van der Waals surface area contributed by atoms with Gasteiger partial charge in [0.1, 0.15) is 0 Å². The van der Waals surface area contributed by atoms with Gasteiger partial charge in [-0.25, -0.2) is 18.1 Å². The Kier molecular flexibility index (Phi) is 5.95. The summed E-state index contributed by atoms with van der Waals surface area (Å²) >= 11 is 0. The highest BCUT2D eigenvalue weighted by molar-refractivity contribution is 7.89. The second kappa shape index (κ2) is 7.04. The van der Waals surface area contributed by atoms with Gasteiger partial charge in [0.15, 0.2) is 5.03 Å². The molecule has 0 unspecified atom stereocenters. The van der Waals surface area contributed by atoms with Gasteiger partial charge in [0.05, 0.1) is 5.69 Å². The molecule has 0 fully saturated rings. The molecule has 0 atom stereocenters. The topological polar surface area (TPSA) is 71.1 Å². The second-order valence-electron chi connectivity index (χ2n) is 5.99. The van der Waals surface area contributed by atoms with E-state index in [0.717, 1.165) is 19.4 Å². The first kappa shape index (κ1) is 16.9. The van der Waals surface area contributed by atoms with Crippen molar-refractivity contribution >= 4 is 15.7 Å². The van der Waals surface area contributed by atoms with Gasteiger partial charge < -0.3 is 5.32 Å².